The van der Waals surface area contributed by atoms with Crippen molar-refractivity contribution in [2.75, 3.05) is 14.2 Å². The number of rotatable bonds is 7. The molecule has 4 aromatic carbocycles. The number of hydrogen-bond acceptors (Lipinski definition) is 6. The van der Waals surface area contributed by atoms with Crippen molar-refractivity contribution < 1.29 is 30.9 Å². The van der Waals surface area contributed by atoms with Crippen LogP contribution in [0.5, 0.6) is 11.5 Å². The minimum Gasteiger partial charge on any atom is -0.497 e. The maximum absolute atomic E-state index is 11.6. The van der Waals surface area contributed by atoms with E-state index in [1.165, 1.54) is 13.2 Å². The van der Waals surface area contributed by atoms with Crippen LogP contribution >= 0.6 is 99.6 Å². The molecule has 4 rings (SSSR count). The van der Waals surface area contributed by atoms with Crippen LogP contribution in [0.3, 0.4) is 0 Å². The Balaban J connectivity index is 0.000000277. The minimum atomic E-state index is -4.19. The summed E-state index contributed by atoms with van der Waals surface area (Å²) in [4.78, 5) is -0.0847. The van der Waals surface area contributed by atoms with Gasteiger partial charge in [0.25, 0.3) is 9.05 Å². The van der Waals surface area contributed by atoms with E-state index in [9.17, 15) is 8.42 Å². The highest BCUT2D eigenvalue weighted by atomic mass is 79.9. The Morgan fingerprint density at radius 1 is 0.644 bits per heavy atom. The predicted molar refractivity (Wildman–Crippen MR) is 190 cm³/mol. The summed E-state index contributed by atoms with van der Waals surface area (Å²) in [6.45, 7) is 0. The molecule has 7 nitrogen and oxygen atoms in total. The lowest BCUT2D eigenvalue weighted by Gasteiger charge is -2.11. The first-order valence-electron chi connectivity index (χ1n) is 12.0. The first-order chi connectivity index (χ1) is 20.8. The van der Waals surface area contributed by atoms with Crippen LogP contribution in [-0.4, -0.2) is 35.6 Å². The van der Waals surface area contributed by atoms with Gasteiger partial charge in [0.15, 0.2) is 0 Å². The van der Waals surface area contributed by atoms with Gasteiger partial charge >= 0.3 is 9.33 Å². The van der Waals surface area contributed by atoms with Crippen LogP contribution in [-0.2, 0) is 31.2 Å². The third-order valence-electron chi connectivity index (χ3n) is 5.62. The zero-order valence-electron chi connectivity index (χ0n) is 23.0. The van der Waals surface area contributed by atoms with E-state index in [4.69, 9.17) is 79.5 Å². The Morgan fingerprint density at radius 3 is 1.38 bits per heavy atom. The molecule has 0 saturated heterocycles. The van der Waals surface area contributed by atoms with Gasteiger partial charge in [-0.3, -0.25) is 4.55 Å². The van der Waals surface area contributed by atoms with Gasteiger partial charge in [0.1, 0.15) is 16.4 Å². The van der Waals surface area contributed by atoms with Crippen molar-refractivity contribution in [2.45, 2.75) is 17.7 Å². The van der Waals surface area contributed by atoms with Gasteiger partial charge < -0.3 is 9.47 Å². The molecule has 0 aliphatic rings. The number of hydrogen-bond donors (Lipinski definition) is 1. The summed E-state index contributed by atoms with van der Waals surface area (Å²) in [5.74, 6) is 1.03. The molecular weight excluding hydrogens is 885 g/mol. The lowest BCUT2D eigenvalue weighted by atomic mass is 10.0. The Hall–Kier alpha value is -0.960. The van der Waals surface area contributed by atoms with E-state index in [0.29, 0.717) is 44.1 Å². The summed E-state index contributed by atoms with van der Waals surface area (Å²) in [6.07, 6.45) is 1.07. The molecule has 0 heterocycles. The molecule has 0 amide bonds. The number of halogens is 8. The lowest BCUT2D eigenvalue weighted by Crippen LogP contribution is -1.99. The molecule has 0 fully saturated rings. The van der Waals surface area contributed by atoms with Crippen molar-refractivity contribution in [3.63, 3.8) is 0 Å². The molecule has 0 saturated carbocycles. The van der Waals surface area contributed by atoms with Gasteiger partial charge in [-0.1, -0.05) is 96.5 Å². The molecule has 0 aliphatic carbocycles. The quantitative estimate of drug-likeness (QED) is 0.145. The van der Waals surface area contributed by atoms with Gasteiger partial charge in [-0.25, -0.2) is 8.42 Å². The summed E-state index contributed by atoms with van der Waals surface area (Å²) in [6, 6.07) is 19.8. The molecule has 0 unspecified atom stereocenters. The lowest BCUT2D eigenvalue weighted by molar-refractivity contribution is 0.403. The Labute approximate surface area is 307 Å². The molecule has 0 spiro atoms. The van der Waals surface area contributed by atoms with E-state index in [1.54, 1.807) is 31.4 Å². The third kappa shape index (κ3) is 14.0. The highest BCUT2D eigenvalue weighted by Gasteiger charge is 2.18. The molecule has 0 radical (unpaired) electrons. The van der Waals surface area contributed by atoms with E-state index in [-0.39, 0.29) is 10.6 Å². The minimum absolute atomic E-state index is 0.0847. The van der Waals surface area contributed by atoms with Gasteiger partial charge in [-0.05, 0) is 70.8 Å². The molecular formula is C28H22Br2Cl6O7S2. The fraction of sp³-hybridized carbons (Fsp3) is 0.143. The van der Waals surface area contributed by atoms with Crippen molar-refractivity contribution in [2.24, 2.45) is 0 Å². The van der Waals surface area contributed by atoms with Gasteiger partial charge in [0.2, 0.25) is 0 Å². The largest absolute Gasteiger partial charge is 0.497 e. The molecule has 0 aliphatic heterocycles. The van der Waals surface area contributed by atoms with Crippen molar-refractivity contribution in [1.82, 2.24) is 0 Å². The second-order valence-corrected chi connectivity index (χ2v) is 16.7. The predicted octanol–water partition coefficient (Wildman–Crippen LogP) is 10.7. The van der Waals surface area contributed by atoms with Gasteiger partial charge in [0, 0.05) is 63.2 Å². The van der Waals surface area contributed by atoms with E-state index < -0.39 is 18.4 Å². The summed E-state index contributed by atoms with van der Waals surface area (Å²) < 4.78 is 60.2. The normalized spacial score (nSPS) is 11.1. The van der Waals surface area contributed by atoms with Gasteiger partial charge in [0.05, 0.1) is 14.2 Å². The van der Waals surface area contributed by atoms with E-state index >= 15 is 0 Å². The van der Waals surface area contributed by atoms with Crippen molar-refractivity contribution in [3.05, 3.63) is 118 Å². The zero-order valence-corrected chi connectivity index (χ0v) is 32.3. The van der Waals surface area contributed by atoms with Crippen LogP contribution in [0.1, 0.15) is 22.3 Å². The van der Waals surface area contributed by atoms with Crippen LogP contribution in [0.25, 0.3) is 0 Å². The van der Waals surface area contributed by atoms with Crippen LogP contribution in [0.15, 0.2) is 80.6 Å². The number of benzene rings is 4. The molecule has 244 valence electrons. The van der Waals surface area contributed by atoms with E-state index in [1.807, 2.05) is 36.4 Å². The molecule has 1 N–H and O–H groups in total. The van der Waals surface area contributed by atoms with E-state index in [2.05, 4.69) is 42.5 Å². The average molecular weight is 907 g/mol. The second-order valence-electron chi connectivity index (χ2n) is 8.73. The number of methoxy groups -OCH3 is 2. The van der Waals surface area contributed by atoms with Crippen LogP contribution < -0.4 is 9.47 Å². The van der Waals surface area contributed by atoms with E-state index in [0.717, 1.165) is 25.8 Å². The van der Waals surface area contributed by atoms with Crippen molar-refractivity contribution >= 4 is 118 Å². The Kier molecular flexibility index (Phi) is 16.1. The maximum atomic E-state index is 11.6. The first kappa shape index (κ1) is 40.2. The molecule has 0 aromatic heterocycles. The van der Waals surface area contributed by atoms with Crippen LogP contribution in [0.4, 0.5) is 0 Å². The summed E-state index contributed by atoms with van der Waals surface area (Å²) >= 11 is 31.5. The summed E-state index contributed by atoms with van der Waals surface area (Å²) in [5, 5.41) is 2.33. The topological polar surface area (TPSA) is 107 Å². The second kappa shape index (κ2) is 18.0. The molecule has 0 atom stereocenters. The fourth-order valence-corrected chi connectivity index (χ4v) is 7.39. The van der Waals surface area contributed by atoms with Crippen LogP contribution in [0, 0.1) is 0 Å². The summed E-state index contributed by atoms with van der Waals surface area (Å²) in [7, 11) is 4.41. The first-order valence-corrected chi connectivity index (χ1v) is 19.7. The van der Waals surface area contributed by atoms with Gasteiger partial charge in [-0.2, -0.15) is 8.42 Å². The standard InChI is InChI=1S/C14H10BrCl3O3S.C14H11BrCl2O.ClHO3S/c1-21-13-3-2-8(5-14(13)22(18,19)20)4-10-11(16)6-9(15)7-12(10)17;1-18-11-4-2-9(3-5-11)6-12-13(16)7-10(15)8-14(12)17;1-5(2,3)4/h2-3,5-7H,4H2,1H3;2-5,7-8H,6H2,1H3;(H,2,3,4). The van der Waals surface area contributed by atoms with Crippen LogP contribution in [0.2, 0.25) is 20.1 Å². The molecule has 0 bridgehead atoms. The SMILES string of the molecule is COc1ccc(Cc2c(Cl)cc(Br)cc2Cl)cc1.COc1ccc(Cc2c(Cl)cc(Br)cc2Cl)cc1S(=O)(=O)Cl.O=S(=O)(O)Cl. The smallest absolute Gasteiger partial charge is 0.353 e. The molecule has 4 aromatic rings. The maximum Gasteiger partial charge on any atom is 0.353 e. The third-order valence-corrected chi connectivity index (χ3v) is 9.23. The fourth-order valence-electron chi connectivity index (χ4n) is 3.66. The van der Waals surface area contributed by atoms with Crippen molar-refractivity contribution in [1.29, 1.82) is 0 Å². The van der Waals surface area contributed by atoms with Gasteiger partial charge in [-0.15, -0.1) is 0 Å². The number of ether oxygens (including phenoxy) is 2. The Bertz CT molecular complexity index is 1800. The molecule has 17 heteroatoms. The average Bonchev–Trinajstić information content (AvgIpc) is 2.92. The molecule has 45 heavy (non-hydrogen) atoms. The van der Waals surface area contributed by atoms with Crippen molar-refractivity contribution in [3.8, 4) is 11.5 Å². The Morgan fingerprint density at radius 2 is 1.02 bits per heavy atom. The summed E-state index contributed by atoms with van der Waals surface area (Å²) in [5.41, 5.74) is 3.48. The highest BCUT2D eigenvalue weighted by Crippen LogP contribution is 2.34. The zero-order chi connectivity index (χ0) is 34.1. The highest BCUT2D eigenvalue weighted by molar-refractivity contribution is 9.10. The monoisotopic (exact) mass is 902 g/mol.